The van der Waals surface area contributed by atoms with Crippen molar-refractivity contribution in [3.8, 4) is 0 Å². The molecule has 1 amide bonds. The standard InChI is InChI=1S/C13H18FN3O2/c1-8-7-17(3-2-4-19-8)12-5-9(13(16)18)11(15)6-10(12)14/h5-6,8H,2-4,7,15H2,1H3,(H2,16,18). The summed E-state index contributed by atoms with van der Waals surface area (Å²) in [7, 11) is 0. The SMILES string of the molecule is CC1CN(c2cc(C(N)=O)c(N)cc2F)CCCO1. The maximum absolute atomic E-state index is 14.0. The topological polar surface area (TPSA) is 81.6 Å². The average Bonchev–Trinajstić information content (AvgIpc) is 2.53. The van der Waals surface area contributed by atoms with Gasteiger partial charge in [-0.05, 0) is 25.5 Å². The molecule has 5 nitrogen and oxygen atoms in total. The van der Waals surface area contributed by atoms with Crippen LogP contribution in [-0.4, -0.2) is 31.7 Å². The molecule has 0 aromatic heterocycles. The number of carbonyl (C=O) groups is 1. The largest absolute Gasteiger partial charge is 0.398 e. The molecule has 1 unspecified atom stereocenters. The Bertz CT molecular complexity index is 493. The maximum Gasteiger partial charge on any atom is 0.250 e. The number of nitrogen functional groups attached to an aromatic ring is 1. The summed E-state index contributed by atoms with van der Waals surface area (Å²) in [5, 5.41) is 0. The van der Waals surface area contributed by atoms with Gasteiger partial charge in [0.2, 0.25) is 0 Å². The van der Waals surface area contributed by atoms with E-state index in [0.717, 1.165) is 12.5 Å². The highest BCUT2D eigenvalue weighted by molar-refractivity contribution is 5.99. The molecule has 19 heavy (non-hydrogen) atoms. The number of carbonyl (C=O) groups excluding carboxylic acids is 1. The predicted octanol–water partition coefficient (Wildman–Crippen LogP) is 1.12. The highest BCUT2D eigenvalue weighted by Crippen LogP contribution is 2.26. The Kier molecular flexibility index (Phi) is 3.90. The van der Waals surface area contributed by atoms with Crippen LogP contribution in [0.15, 0.2) is 12.1 Å². The fourth-order valence-electron chi connectivity index (χ4n) is 2.25. The molecule has 1 atom stereocenters. The summed E-state index contributed by atoms with van der Waals surface area (Å²) in [6, 6.07) is 2.57. The second-order valence-electron chi connectivity index (χ2n) is 4.74. The number of hydrogen-bond acceptors (Lipinski definition) is 4. The van der Waals surface area contributed by atoms with Crippen molar-refractivity contribution in [3.63, 3.8) is 0 Å². The molecule has 6 heteroatoms. The Hall–Kier alpha value is -1.82. The number of ether oxygens (including phenoxy) is 1. The van der Waals surface area contributed by atoms with Gasteiger partial charge in [0.1, 0.15) is 5.82 Å². The summed E-state index contributed by atoms with van der Waals surface area (Å²) in [4.78, 5) is 13.1. The Morgan fingerprint density at radius 1 is 1.53 bits per heavy atom. The van der Waals surface area contributed by atoms with Crippen LogP contribution in [0.3, 0.4) is 0 Å². The second-order valence-corrected chi connectivity index (χ2v) is 4.74. The molecular formula is C13H18FN3O2. The van der Waals surface area contributed by atoms with Crippen LogP contribution in [0.25, 0.3) is 0 Å². The van der Waals surface area contributed by atoms with Gasteiger partial charge < -0.3 is 21.1 Å². The summed E-state index contributed by atoms with van der Waals surface area (Å²) in [6.07, 6.45) is 0.816. The molecule has 1 saturated heterocycles. The molecule has 0 aliphatic carbocycles. The summed E-state index contributed by atoms with van der Waals surface area (Å²) in [5.74, 6) is -1.10. The fraction of sp³-hybridized carbons (Fsp3) is 0.462. The number of hydrogen-bond donors (Lipinski definition) is 2. The summed E-state index contributed by atoms with van der Waals surface area (Å²) in [6.45, 7) is 3.82. The van der Waals surface area contributed by atoms with Crippen molar-refractivity contribution in [2.75, 3.05) is 30.3 Å². The van der Waals surface area contributed by atoms with Gasteiger partial charge in [0, 0.05) is 25.4 Å². The third-order valence-electron chi connectivity index (χ3n) is 3.18. The minimum Gasteiger partial charge on any atom is -0.398 e. The first-order valence-electron chi connectivity index (χ1n) is 6.24. The van der Waals surface area contributed by atoms with E-state index >= 15 is 0 Å². The Balaban J connectivity index is 2.37. The number of amides is 1. The van der Waals surface area contributed by atoms with E-state index in [2.05, 4.69) is 0 Å². The number of benzene rings is 1. The highest BCUT2D eigenvalue weighted by Gasteiger charge is 2.20. The quantitative estimate of drug-likeness (QED) is 0.787. The number of halogens is 1. The van der Waals surface area contributed by atoms with Crippen LogP contribution in [0.2, 0.25) is 0 Å². The van der Waals surface area contributed by atoms with E-state index in [1.54, 1.807) is 0 Å². The molecule has 0 bridgehead atoms. The Morgan fingerprint density at radius 3 is 2.95 bits per heavy atom. The van der Waals surface area contributed by atoms with Crippen LogP contribution in [0.4, 0.5) is 15.8 Å². The van der Waals surface area contributed by atoms with Crippen LogP contribution in [0.1, 0.15) is 23.7 Å². The van der Waals surface area contributed by atoms with E-state index in [9.17, 15) is 9.18 Å². The van der Waals surface area contributed by atoms with Crippen LogP contribution < -0.4 is 16.4 Å². The number of anilines is 2. The lowest BCUT2D eigenvalue weighted by molar-refractivity contribution is 0.0820. The zero-order valence-corrected chi connectivity index (χ0v) is 10.9. The van der Waals surface area contributed by atoms with Gasteiger partial charge in [-0.15, -0.1) is 0 Å². The van der Waals surface area contributed by atoms with E-state index in [1.165, 1.54) is 6.07 Å². The van der Waals surface area contributed by atoms with Gasteiger partial charge in [0.05, 0.1) is 17.4 Å². The van der Waals surface area contributed by atoms with Crippen LogP contribution >= 0.6 is 0 Å². The first kappa shape index (κ1) is 13.6. The molecule has 1 aliphatic rings. The van der Waals surface area contributed by atoms with Crippen LogP contribution in [0, 0.1) is 5.82 Å². The lowest BCUT2D eigenvalue weighted by Crippen LogP contribution is -2.31. The van der Waals surface area contributed by atoms with Crippen molar-refractivity contribution >= 4 is 17.3 Å². The molecule has 0 saturated carbocycles. The second kappa shape index (κ2) is 5.44. The van der Waals surface area contributed by atoms with Gasteiger partial charge in [-0.2, -0.15) is 0 Å². The molecule has 1 aliphatic heterocycles. The van der Waals surface area contributed by atoms with Gasteiger partial charge in [-0.1, -0.05) is 0 Å². The summed E-state index contributed by atoms with van der Waals surface area (Å²) < 4.78 is 19.5. The summed E-state index contributed by atoms with van der Waals surface area (Å²) in [5.41, 5.74) is 11.4. The third-order valence-corrected chi connectivity index (χ3v) is 3.18. The zero-order valence-electron chi connectivity index (χ0n) is 10.9. The van der Waals surface area contributed by atoms with Crippen molar-refractivity contribution in [3.05, 3.63) is 23.5 Å². The lowest BCUT2D eigenvalue weighted by atomic mass is 10.1. The minimum atomic E-state index is -0.655. The number of primary amides is 1. The third kappa shape index (κ3) is 2.96. The van der Waals surface area contributed by atoms with Crippen molar-refractivity contribution in [2.24, 2.45) is 5.73 Å². The first-order chi connectivity index (χ1) is 8.99. The van der Waals surface area contributed by atoms with Crippen molar-refractivity contribution in [1.29, 1.82) is 0 Å². The number of nitrogens with two attached hydrogens (primary N) is 2. The minimum absolute atomic E-state index is 0.0106. The van der Waals surface area contributed by atoms with E-state index < -0.39 is 11.7 Å². The number of nitrogens with zero attached hydrogens (tertiary/aromatic N) is 1. The van der Waals surface area contributed by atoms with Crippen molar-refractivity contribution in [2.45, 2.75) is 19.4 Å². The highest BCUT2D eigenvalue weighted by atomic mass is 19.1. The van der Waals surface area contributed by atoms with Gasteiger partial charge in [0.25, 0.3) is 5.91 Å². The molecule has 2 rings (SSSR count). The lowest BCUT2D eigenvalue weighted by Gasteiger charge is -2.25. The van der Waals surface area contributed by atoms with Gasteiger partial charge in [-0.3, -0.25) is 4.79 Å². The monoisotopic (exact) mass is 267 g/mol. The fourth-order valence-corrected chi connectivity index (χ4v) is 2.25. The zero-order chi connectivity index (χ0) is 14.0. The van der Waals surface area contributed by atoms with Gasteiger partial charge in [0.15, 0.2) is 0 Å². The average molecular weight is 267 g/mol. The molecule has 4 N–H and O–H groups in total. The van der Waals surface area contributed by atoms with E-state index in [1.807, 2.05) is 11.8 Å². The van der Waals surface area contributed by atoms with E-state index in [-0.39, 0.29) is 17.4 Å². The smallest absolute Gasteiger partial charge is 0.250 e. The van der Waals surface area contributed by atoms with Gasteiger partial charge >= 0.3 is 0 Å². The van der Waals surface area contributed by atoms with Gasteiger partial charge in [-0.25, -0.2) is 4.39 Å². The predicted molar refractivity (Wildman–Crippen MR) is 71.6 cm³/mol. The number of rotatable bonds is 2. The molecule has 1 heterocycles. The molecule has 1 fully saturated rings. The van der Waals surface area contributed by atoms with Crippen LogP contribution in [0.5, 0.6) is 0 Å². The molecule has 0 spiro atoms. The molecular weight excluding hydrogens is 249 g/mol. The van der Waals surface area contributed by atoms with E-state index in [4.69, 9.17) is 16.2 Å². The molecule has 104 valence electrons. The molecule has 0 radical (unpaired) electrons. The first-order valence-corrected chi connectivity index (χ1v) is 6.24. The van der Waals surface area contributed by atoms with Crippen molar-refractivity contribution in [1.82, 2.24) is 0 Å². The molecule has 1 aromatic carbocycles. The van der Waals surface area contributed by atoms with Crippen molar-refractivity contribution < 1.29 is 13.9 Å². The van der Waals surface area contributed by atoms with E-state index in [0.29, 0.717) is 25.4 Å². The maximum atomic E-state index is 14.0. The Morgan fingerprint density at radius 2 is 2.26 bits per heavy atom. The normalized spacial score (nSPS) is 20.1. The molecule has 1 aromatic rings. The Labute approximate surface area is 111 Å². The summed E-state index contributed by atoms with van der Waals surface area (Å²) >= 11 is 0. The van der Waals surface area contributed by atoms with Crippen LogP contribution in [-0.2, 0) is 4.74 Å².